The Morgan fingerprint density at radius 1 is 1.15 bits per heavy atom. The fraction of sp³-hybridized carbons (Fsp3) is 0.500. The molecule has 142 valence electrons. The lowest BCUT2D eigenvalue weighted by Gasteiger charge is -2.37. The van der Waals surface area contributed by atoms with Crippen molar-refractivity contribution in [3.05, 3.63) is 30.2 Å². The predicted molar refractivity (Wildman–Crippen MR) is 103 cm³/mol. The summed E-state index contributed by atoms with van der Waals surface area (Å²) in [4.78, 5) is 27.8. The van der Waals surface area contributed by atoms with Crippen molar-refractivity contribution in [2.24, 2.45) is 0 Å². The number of aromatic nitrogens is 3. The lowest BCUT2D eigenvalue weighted by Crippen LogP contribution is -2.46. The average Bonchev–Trinajstić information content (AvgIpc) is 2.67. The second-order valence-corrected chi connectivity index (χ2v) is 7.89. The minimum atomic E-state index is -0.984. The second kappa shape index (κ2) is 6.88. The van der Waals surface area contributed by atoms with Crippen LogP contribution in [0.2, 0.25) is 0 Å². The van der Waals surface area contributed by atoms with Gasteiger partial charge in [0.25, 0.3) is 0 Å². The van der Waals surface area contributed by atoms with Gasteiger partial charge in [0, 0.05) is 17.8 Å². The standard InChI is InChI=1S/C20H25N5O2/c1-20(2,27)16-9-8-13(10-21-16)15-11-22-18-19(23-15)25(12-17(26)24-18)14-6-4-3-5-7-14/h8-11,14,27H,3-7,12H2,1-2H3,(H,22,24,26). The zero-order chi connectivity index (χ0) is 19.0. The molecule has 27 heavy (non-hydrogen) atoms. The Hall–Kier alpha value is -2.54. The fourth-order valence-electron chi connectivity index (χ4n) is 3.81. The van der Waals surface area contributed by atoms with E-state index in [9.17, 15) is 9.90 Å². The van der Waals surface area contributed by atoms with E-state index in [1.54, 1.807) is 32.3 Å². The van der Waals surface area contributed by atoms with Crippen molar-refractivity contribution in [3.63, 3.8) is 0 Å². The molecule has 0 unspecified atom stereocenters. The lowest BCUT2D eigenvalue weighted by molar-refractivity contribution is -0.115. The Kier molecular flexibility index (Phi) is 4.55. The molecule has 0 atom stereocenters. The van der Waals surface area contributed by atoms with E-state index in [2.05, 4.69) is 20.2 Å². The summed E-state index contributed by atoms with van der Waals surface area (Å²) >= 11 is 0. The summed E-state index contributed by atoms with van der Waals surface area (Å²) in [6, 6.07) is 4.03. The van der Waals surface area contributed by atoms with Crippen LogP contribution >= 0.6 is 0 Å². The van der Waals surface area contributed by atoms with Crippen LogP contribution in [0.1, 0.15) is 51.6 Å². The molecule has 0 spiro atoms. The summed E-state index contributed by atoms with van der Waals surface area (Å²) in [7, 11) is 0. The Morgan fingerprint density at radius 2 is 1.93 bits per heavy atom. The van der Waals surface area contributed by atoms with Gasteiger partial charge < -0.3 is 15.3 Å². The molecule has 0 radical (unpaired) electrons. The van der Waals surface area contributed by atoms with Crippen LogP contribution in [-0.4, -0.2) is 38.6 Å². The monoisotopic (exact) mass is 367 g/mol. The van der Waals surface area contributed by atoms with E-state index in [0.717, 1.165) is 24.2 Å². The van der Waals surface area contributed by atoms with Crippen molar-refractivity contribution in [1.29, 1.82) is 0 Å². The van der Waals surface area contributed by atoms with Crippen molar-refractivity contribution < 1.29 is 9.90 Å². The third-order valence-electron chi connectivity index (χ3n) is 5.30. The smallest absolute Gasteiger partial charge is 0.245 e. The third-order valence-corrected chi connectivity index (χ3v) is 5.30. The number of hydrogen-bond donors (Lipinski definition) is 2. The topological polar surface area (TPSA) is 91.2 Å². The third kappa shape index (κ3) is 3.64. The molecule has 2 aromatic rings. The van der Waals surface area contributed by atoms with Crippen LogP contribution in [0.5, 0.6) is 0 Å². The Labute approximate surface area is 158 Å². The van der Waals surface area contributed by atoms with Gasteiger partial charge in [-0.15, -0.1) is 0 Å². The molecule has 1 fully saturated rings. The van der Waals surface area contributed by atoms with Crippen molar-refractivity contribution in [2.45, 2.75) is 57.6 Å². The molecule has 1 aliphatic carbocycles. The first-order valence-corrected chi connectivity index (χ1v) is 9.54. The number of aliphatic hydroxyl groups is 1. The molecule has 7 heteroatoms. The number of rotatable bonds is 3. The molecule has 1 aliphatic heterocycles. The number of amides is 1. The number of nitrogens with zero attached hydrogens (tertiary/aromatic N) is 4. The molecule has 2 aliphatic rings. The van der Waals surface area contributed by atoms with Gasteiger partial charge in [-0.3, -0.25) is 9.78 Å². The zero-order valence-corrected chi connectivity index (χ0v) is 15.8. The summed E-state index contributed by atoms with van der Waals surface area (Å²) < 4.78 is 0. The minimum absolute atomic E-state index is 0.0358. The fourth-order valence-corrected chi connectivity index (χ4v) is 3.81. The van der Waals surface area contributed by atoms with Crippen molar-refractivity contribution in [1.82, 2.24) is 15.0 Å². The normalized spacial score (nSPS) is 18.2. The maximum absolute atomic E-state index is 12.1. The Bertz CT molecular complexity index is 838. The van der Waals surface area contributed by atoms with E-state index in [4.69, 9.17) is 4.98 Å². The van der Waals surface area contributed by atoms with E-state index in [0.29, 0.717) is 29.8 Å². The van der Waals surface area contributed by atoms with Crippen LogP contribution in [0, 0.1) is 0 Å². The first kappa shape index (κ1) is 17.9. The maximum atomic E-state index is 12.1. The largest absolute Gasteiger partial charge is 0.384 e. The van der Waals surface area contributed by atoms with Crippen LogP contribution in [0.25, 0.3) is 11.3 Å². The number of carbonyl (C=O) groups is 1. The first-order chi connectivity index (χ1) is 12.9. The highest BCUT2D eigenvalue weighted by molar-refractivity contribution is 5.99. The number of nitrogens with one attached hydrogen (secondary N) is 1. The number of fused-ring (bicyclic) bond motifs is 1. The van der Waals surface area contributed by atoms with Crippen LogP contribution in [0.3, 0.4) is 0 Å². The van der Waals surface area contributed by atoms with Crippen molar-refractivity contribution in [2.75, 3.05) is 16.8 Å². The van der Waals surface area contributed by atoms with E-state index in [1.165, 1.54) is 19.3 Å². The van der Waals surface area contributed by atoms with Gasteiger partial charge in [-0.1, -0.05) is 19.3 Å². The molecule has 1 saturated carbocycles. The Morgan fingerprint density at radius 3 is 2.59 bits per heavy atom. The summed E-state index contributed by atoms with van der Waals surface area (Å²) in [5.74, 6) is 1.23. The predicted octanol–water partition coefficient (Wildman–Crippen LogP) is 2.86. The average molecular weight is 367 g/mol. The van der Waals surface area contributed by atoms with Crippen LogP contribution < -0.4 is 10.2 Å². The summed E-state index contributed by atoms with van der Waals surface area (Å²) in [5.41, 5.74) is 1.16. The van der Waals surface area contributed by atoms with E-state index >= 15 is 0 Å². The molecule has 2 aromatic heterocycles. The van der Waals surface area contributed by atoms with Gasteiger partial charge in [0.15, 0.2) is 11.6 Å². The van der Waals surface area contributed by atoms with E-state index in [1.807, 2.05) is 6.07 Å². The van der Waals surface area contributed by atoms with Crippen LogP contribution in [0.15, 0.2) is 24.5 Å². The first-order valence-electron chi connectivity index (χ1n) is 9.54. The van der Waals surface area contributed by atoms with Gasteiger partial charge in [0.05, 0.1) is 24.1 Å². The summed E-state index contributed by atoms with van der Waals surface area (Å²) in [6.45, 7) is 3.74. The van der Waals surface area contributed by atoms with E-state index in [-0.39, 0.29) is 5.91 Å². The highest BCUT2D eigenvalue weighted by atomic mass is 16.3. The number of pyridine rings is 1. The highest BCUT2D eigenvalue weighted by Gasteiger charge is 2.31. The molecule has 3 heterocycles. The van der Waals surface area contributed by atoms with Crippen molar-refractivity contribution in [3.8, 4) is 11.3 Å². The molecule has 0 bridgehead atoms. The van der Waals surface area contributed by atoms with Gasteiger partial charge in [0.1, 0.15) is 5.60 Å². The molecular formula is C20H25N5O2. The number of carbonyl (C=O) groups excluding carboxylic acids is 1. The SMILES string of the molecule is CC(C)(O)c1ccc(-c2cnc3c(n2)N(C2CCCCC2)CC(=O)N3)cn1. The zero-order valence-electron chi connectivity index (χ0n) is 15.8. The molecule has 7 nitrogen and oxygen atoms in total. The number of hydrogen-bond acceptors (Lipinski definition) is 6. The quantitative estimate of drug-likeness (QED) is 0.867. The van der Waals surface area contributed by atoms with Crippen LogP contribution in [0.4, 0.5) is 11.6 Å². The van der Waals surface area contributed by atoms with E-state index < -0.39 is 5.60 Å². The summed E-state index contributed by atoms with van der Waals surface area (Å²) in [6.07, 6.45) is 9.16. The van der Waals surface area contributed by atoms with Crippen LogP contribution in [-0.2, 0) is 10.4 Å². The molecule has 0 aromatic carbocycles. The minimum Gasteiger partial charge on any atom is -0.384 e. The maximum Gasteiger partial charge on any atom is 0.245 e. The highest BCUT2D eigenvalue weighted by Crippen LogP contribution is 2.34. The molecule has 0 saturated heterocycles. The summed E-state index contributed by atoms with van der Waals surface area (Å²) in [5, 5.41) is 12.9. The van der Waals surface area contributed by atoms with Gasteiger partial charge in [0.2, 0.25) is 5.91 Å². The molecule has 1 amide bonds. The van der Waals surface area contributed by atoms with Gasteiger partial charge in [-0.25, -0.2) is 9.97 Å². The van der Waals surface area contributed by atoms with Gasteiger partial charge >= 0.3 is 0 Å². The lowest BCUT2D eigenvalue weighted by atomic mass is 9.94. The van der Waals surface area contributed by atoms with Gasteiger partial charge in [-0.2, -0.15) is 0 Å². The Balaban J connectivity index is 1.68. The molecule has 4 rings (SSSR count). The van der Waals surface area contributed by atoms with Crippen molar-refractivity contribution >= 4 is 17.5 Å². The number of anilines is 2. The molecule has 2 N–H and O–H groups in total. The molecular weight excluding hydrogens is 342 g/mol. The van der Waals surface area contributed by atoms with Gasteiger partial charge in [-0.05, 0) is 38.8 Å². The second-order valence-electron chi connectivity index (χ2n) is 7.89.